The van der Waals surface area contributed by atoms with Gasteiger partial charge >= 0.3 is 0 Å². The Morgan fingerprint density at radius 1 is 1.25 bits per heavy atom. The highest BCUT2D eigenvalue weighted by atomic mass is 16.5. The summed E-state index contributed by atoms with van der Waals surface area (Å²) in [4.78, 5) is 0. The highest BCUT2D eigenvalue weighted by Gasteiger charge is 2.50. The van der Waals surface area contributed by atoms with E-state index in [0.29, 0.717) is 17.4 Å². The molecule has 0 radical (unpaired) electrons. The molecule has 20 heavy (non-hydrogen) atoms. The molecule has 2 heteroatoms. The van der Waals surface area contributed by atoms with Gasteiger partial charge < -0.3 is 10.1 Å². The molecule has 0 aromatic heterocycles. The summed E-state index contributed by atoms with van der Waals surface area (Å²) in [7, 11) is 0. The van der Waals surface area contributed by atoms with Crippen molar-refractivity contribution in [3.8, 4) is 5.75 Å². The Balaban J connectivity index is 2.08. The van der Waals surface area contributed by atoms with E-state index in [1.165, 1.54) is 18.4 Å². The summed E-state index contributed by atoms with van der Waals surface area (Å²) in [5.41, 5.74) is 1.84. The highest BCUT2D eigenvalue weighted by molar-refractivity contribution is 5.33. The first-order chi connectivity index (χ1) is 9.51. The van der Waals surface area contributed by atoms with Crippen LogP contribution in [0.3, 0.4) is 0 Å². The second kappa shape index (κ2) is 6.17. The summed E-state index contributed by atoms with van der Waals surface area (Å²) < 4.78 is 5.73. The second-order valence-corrected chi connectivity index (χ2v) is 6.49. The molecular formula is C18H29NO. The Kier molecular flexibility index (Phi) is 4.74. The van der Waals surface area contributed by atoms with Crippen molar-refractivity contribution in [2.24, 2.45) is 5.41 Å². The van der Waals surface area contributed by atoms with E-state index in [9.17, 15) is 0 Å². The van der Waals surface area contributed by atoms with Crippen molar-refractivity contribution < 1.29 is 4.74 Å². The van der Waals surface area contributed by atoms with E-state index in [1.54, 1.807) is 0 Å². The van der Waals surface area contributed by atoms with Crippen LogP contribution in [-0.2, 0) is 0 Å². The zero-order valence-corrected chi connectivity index (χ0v) is 13.6. The van der Waals surface area contributed by atoms with Crippen molar-refractivity contribution in [1.29, 1.82) is 0 Å². The van der Waals surface area contributed by atoms with Crippen molar-refractivity contribution in [2.75, 3.05) is 6.54 Å². The van der Waals surface area contributed by atoms with Crippen LogP contribution < -0.4 is 10.1 Å². The fourth-order valence-corrected chi connectivity index (χ4v) is 3.48. The average Bonchev–Trinajstić information content (AvgIpc) is 2.43. The minimum Gasteiger partial charge on any atom is -0.491 e. The van der Waals surface area contributed by atoms with Crippen LogP contribution in [0.4, 0.5) is 0 Å². The SMILES string of the molecule is CCNC1CC(c2ccc(OC(C)C)cc2)C1(C)CC. The molecule has 1 aromatic rings. The number of hydrogen-bond donors (Lipinski definition) is 1. The Hall–Kier alpha value is -1.02. The molecular weight excluding hydrogens is 246 g/mol. The summed E-state index contributed by atoms with van der Waals surface area (Å²) >= 11 is 0. The lowest BCUT2D eigenvalue weighted by molar-refractivity contribution is 0.0455. The average molecular weight is 275 g/mol. The van der Waals surface area contributed by atoms with E-state index in [1.807, 2.05) is 0 Å². The van der Waals surface area contributed by atoms with Gasteiger partial charge in [0.25, 0.3) is 0 Å². The molecule has 0 bridgehead atoms. The summed E-state index contributed by atoms with van der Waals surface area (Å²) in [6.45, 7) is 12.1. The molecule has 0 amide bonds. The van der Waals surface area contributed by atoms with Crippen LogP contribution in [-0.4, -0.2) is 18.7 Å². The summed E-state index contributed by atoms with van der Waals surface area (Å²) in [5, 5.41) is 3.64. The van der Waals surface area contributed by atoms with Gasteiger partial charge in [-0.1, -0.05) is 32.9 Å². The lowest BCUT2D eigenvalue weighted by atomic mass is 9.54. The number of rotatable bonds is 6. The Labute approximate surface area is 123 Å². The topological polar surface area (TPSA) is 21.3 Å². The lowest BCUT2D eigenvalue weighted by Gasteiger charge is -2.55. The summed E-state index contributed by atoms with van der Waals surface area (Å²) in [5.74, 6) is 1.65. The number of benzene rings is 1. The molecule has 1 fully saturated rings. The Morgan fingerprint density at radius 3 is 2.40 bits per heavy atom. The van der Waals surface area contributed by atoms with Crippen LogP contribution in [0, 0.1) is 5.41 Å². The van der Waals surface area contributed by atoms with Gasteiger partial charge in [0.2, 0.25) is 0 Å². The first-order valence-corrected chi connectivity index (χ1v) is 8.01. The van der Waals surface area contributed by atoms with Gasteiger partial charge in [-0.3, -0.25) is 0 Å². The van der Waals surface area contributed by atoms with Gasteiger partial charge in [-0.2, -0.15) is 0 Å². The van der Waals surface area contributed by atoms with Gasteiger partial charge in [-0.25, -0.2) is 0 Å². The van der Waals surface area contributed by atoms with Gasteiger partial charge in [0.05, 0.1) is 6.10 Å². The maximum atomic E-state index is 5.73. The largest absolute Gasteiger partial charge is 0.491 e. The molecule has 3 unspecified atom stereocenters. The van der Waals surface area contributed by atoms with Gasteiger partial charge in [-0.05, 0) is 62.3 Å². The quantitative estimate of drug-likeness (QED) is 0.833. The third kappa shape index (κ3) is 2.85. The molecule has 0 spiro atoms. The normalized spacial score (nSPS) is 29.3. The van der Waals surface area contributed by atoms with Crippen molar-refractivity contribution in [3.05, 3.63) is 29.8 Å². The van der Waals surface area contributed by atoms with Gasteiger partial charge in [-0.15, -0.1) is 0 Å². The van der Waals surface area contributed by atoms with E-state index >= 15 is 0 Å². The molecule has 3 atom stereocenters. The molecule has 1 aliphatic carbocycles. The van der Waals surface area contributed by atoms with Crippen molar-refractivity contribution >= 4 is 0 Å². The van der Waals surface area contributed by atoms with Gasteiger partial charge in [0.1, 0.15) is 5.75 Å². The molecule has 0 heterocycles. The van der Waals surface area contributed by atoms with Crippen LogP contribution in [0.2, 0.25) is 0 Å². The fraction of sp³-hybridized carbons (Fsp3) is 0.667. The lowest BCUT2D eigenvalue weighted by Crippen LogP contribution is -2.56. The minimum atomic E-state index is 0.239. The smallest absolute Gasteiger partial charge is 0.119 e. The second-order valence-electron chi connectivity index (χ2n) is 6.49. The zero-order valence-electron chi connectivity index (χ0n) is 13.6. The fourth-order valence-electron chi connectivity index (χ4n) is 3.48. The Bertz CT molecular complexity index is 426. The molecule has 2 rings (SSSR count). The molecule has 1 saturated carbocycles. The van der Waals surface area contributed by atoms with Crippen LogP contribution in [0.15, 0.2) is 24.3 Å². The van der Waals surface area contributed by atoms with E-state index in [0.717, 1.165) is 12.3 Å². The third-order valence-corrected chi connectivity index (χ3v) is 4.93. The van der Waals surface area contributed by atoms with Crippen molar-refractivity contribution in [3.63, 3.8) is 0 Å². The van der Waals surface area contributed by atoms with Crippen LogP contribution >= 0.6 is 0 Å². The van der Waals surface area contributed by atoms with Gasteiger partial charge in [0, 0.05) is 6.04 Å². The first kappa shape index (κ1) is 15.4. The maximum Gasteiger partial charge on any atom is 0.119 e. The highest BCUT2D eigenvalue weighted by Crippen LogP contribution is 2.54. The minimum absolute atomic E-state index is 0.239. The van der Waals surface area contributed by atoms with Crippen molar-refractivity contribution in [2.45, 2.75) is 65.5 Å². The van der Waals surface area contributed by atoms with Crippen LogP contribution in [0.1, 0.15) is 58.9 Å². The number of nitrogens with one attached hydrogen (secondary N) is 1. The third-order valence-electron chi connectivity index (χ3n) is 4.93. The van der Waals surface area contributed by atoms with E-state index in [2.05, 4.69) is 64.2 Å². The standard InChI is InChI=1S/C18H29NO/c1-6-18(5)16(12-17(18)19-7-2)14-8-10-15(11-9-14)20-13(3)4/h8-11,13,16-17,19H,6-7,12H2,1-5H3. The predicted molar refractivity (Wildman–Crippen MR) is 85.4 cm³/mol. The first-order valence-electron chi connectivity index (χ1n) is 8.01. The van der Waals surface area contributed by atoms with E-state index < -0.39 is 0 Å². The monoisotopic (exact) mass is 275 g/mol. The van der Waals surface area contributed by atoms with E-state index in [-0.39, 0.29) is 6.10 Å². The predicted octanol–water partition coefficient (Wildman–Crippen LogP) is 4.36. The molecule has 1 N–H and O–H groups in total. The van der Waals surface area contributed by atoms with Crippen molar-refractivity contribution in [1.82, 2.24) is 5.32 Å². The number of hydrogen-bond acceptors (Lipinski definition) is 2. The molecule has 0 saturated heterocycles. The van der Waals surface area contributed by atoms with E-state index in [4.69, 9.17) is 4.74 Å². The Morgan fingerprint density at radius 2 is 1.90 bits per heavy atom. The van der Waals surface area contributed by atoms with Gasteiger partial charge in [0.15, 0.2) is 0 Å². The molecule has 1 aromatic carbocycles. The molecule has 2 nitrogen and oxygen atoms in total. The molecule has 1 aliphatic rings. The molecule has 0 aliphatic heterocycles. The summed E-state index contributed by atoms with van der Waals surface area (Å²) in [6.07, 6.45) is 2.71. The molecule has 112 valence electrons. The van der Waals surface area contributed by atoms with Crippen LogP contribution in [0.5, 0.6) is 5.75 Å². The number of ether oxygens (including phenoxy) is 1. The maximum absolute atomic E-state index is 5.73. The zero-order chi connectivity index (χ0) is 14.8. The summed E-state index contributed by atoms with van der Waals surface area (Å²) in [6, 6.07) is 9.39. The van der Waals surface area contributed by atoms with Crippen LogP contribution in [0.25, 0.3) is 0 Å².